The number of halogens is 1. The van der Waals surface area contributed by atoms with Gasteiger partial charge in [-0.15, -0.1) is 0 Å². The Bertz CT molecular complexity index is 309. The number of rotatable bonds is 1. The minimum absolute atomic E-state index is 0.792. The highest BCUT2D eigenvalue weighted by molar-refractivity contribution is 9.10. The van der Waals surface area contributed by atoms with Crippen molar-refractivity contribution in [3.05, 3.63) is 33.8 Å². The fraction of sp³-hybridized carbons (Fsp3) is 0.222. The lowest BCUT2D eigenvalue weighted by Crippen LogP contribution is -2.17. The molecule has 0 fully saturated rings. The molecule has 12 heavy (non-hydrogen) atoms. The lowest BCUT2D eigenvalue weighted by atomic mass is 10.1. The molecule has 1 nitrogen and oxygen atoms in total. The number of benzene rings is 1. The topological polar surface area (TPSA) is 12.0 Å². The van der Waals surface area contributed by atoms with E-state index in [0.29, 0.717) is 0 Å². The molecule has 0 bridgehead atoms. The van der Waals surface area contributed by atoms with Crippen molar-refractivity contribution in [1.82, 2.24) is 5.32 Å². The van der Waals surface area contributed by atoms with Crippen LogP contribution in [0.4, 0.5) is 0 Å². The molecule has 0 unspecified atom stereocenters. The summed E-state index contributed by atoms with van der Waals surface area (Å²) in [6, 6.07) is 6.06. The summed E-state index contributed by atoms with van der Waals surface area (Å²) in [7, 11) is 1.84. The number of nitrogens with one attached hydrogen (secondary N) is 1. The van der Waals surface area contributed by atoms with Crippen molar-refractivity contribution in [2.45, 2.75) is 6.92 Å². The minimum Gasteiger partial charge on any atom is -0.379 e. The van der Waals surface area contributed by atoms with Crippen LogP contribution >= 0.6 is 28.1 Å². The predicted octanol–water partition coefficient (Wildman–Crippen LogP) is 2.65. The lowest BCUT2D eigenvalue weighted by Gasteiger charge is -2.06. The third-order valence-corrected chi connectivity index (χ3v) is 2.58. The van der Waals surface area contributed by atoms with Crippen molar-refractivity contribution in [2.75, 3.05) is 7.05 Å². The molecule has 0 saturated heterocycles. The molecule has 0 radical (unpaired) electrons. The molecule has 1 aromatic rings. The summed E-state index contributed by atoms with van der Waals surface area (Å²) in [4.78, 5) is 0.792. The Morgan fingerprint density at radius 3 is 2.67 bits per heavy atom. The zero-order valence-corrected chi connectivity index (χ0v) is 9.42. The third kappa shape index (κ3) is 2.05. The van der Waals surface area contributed by atoms with Gasteiger partial charge in [0.2, 0.25) is 0 Å². The summed E-state index contributed by atoms with van der Waals surface area (Å²) in [6.45, 7) is 2.05. The Morgan fingerprint density at radius 1 is 1.50 bits per heavy atom. The van der Waals surface area contributed by atoms with Gasteiger partial charge in [-0.2, -0.15) is 0 Å². The Hall–Kier alpha value is -0.410. The van der Waals surface area contributed by atoms with Crippen LogP contribution in [0, 0.1) is 6.92 Å². The highest BCUT2D eigenvalue weighted by Gasteiger charge is 2.02. The van der Waals surface area contributed by atoms with E-state index in [1.807, 2.05) is 26.1 Å². The van der Waals surface area contributed by atoms with Crippen molar-refractivity contribution in [3.8, 4) is 0 Å². The summed E-state index contributed by atoms with van der Waals surface area (Å²) in [5.41, 5.74) is 2.28. The molecule has 0 aliphatic carbocycles. The highest BCUT2D eigenvalue weighted by atomic mass is 79.9. The van der Waals surface area contributed by atoms with E-state index in [0.717, 1.165) is 15.0 Å². The highest BCUT2D eigenvalue weighted by Crippen LogP contribution is 2.15. The Balaban J connectivity index is 3.09. The van der Waals surface area contributed by atoms with Gasteiger partial charge in [0.15, 0.2) is 0 Å². The van der Waals surface area contributed by atoms with Crippen LogP contribution in [0.2, 0.25) is 0 Å². The number of thiocarbonyl (C=S) groups is 1. The van der Waals surface area contributed by atoms with E-state index in [9.17, 15) is 0 Å². The van der Waals surface area contributed by atoms with E-state index in [-0.39, 0.29) is 0 Å². The van der Waals surface area contributed by atoms with Crippen LogP contribution in [0.1, 0.15) is 11.1 Å². The second kappa shape index (κ2) is 4.01. The van der Waals surface area contributed by atoms with E-state index in [2.05, 4.69) is 27.3 Å². The van der Waals surface area contributed by atoms with Gasteiger partial charge in [-0.3, -0.25) is 0 Å². The minimum atomic E-state index is 0.792. The van der Waals surface area contributed by atoms with E-state index in [1.54, 1.807) is 0 Å². The number of aryl methyl sites for hydroxylation is 1. The van der Waals surface area contributed by atoms with Crippen molar-refractivity contribution < 1.29 is 0 Å². The largest absolute Gasteiger partial charge is 0.379 e. The summed E-state index contributed by atoms with van der Waals surface area (Å²) in [6.07, 6.45) is 0. The average molecular weight is 244 g/mol. The Morgan fingerprint density at radius 2 is 2.17 bits per heavy atom. The fourth-order valence-corrected chi connectivity index (χ4v) is 1.72. The first kappa shape index (κ1) is 9.68. The molecule has 3 heteroatoms. The molecule has 0 amide bonds. The second-order valence-electron chi connectivity index (χ2n) is 2.54. The van der Waals surface area contributed by atoms with Crippen molar-refractivity contribution in [1.29, 1.82) is 0 Å². The van der Waals surface area contributed by atoms with E-state index in [1.165, 1.54) is 5.56 Å². The first-order chi connectivity index (χ1) is 5.65. The number of hydrogen-bond donors (Lipinski definition) is 1. The lowest BCUT2D eigenvalue weighted by molar-refractivity contribution is 1.19. The molecule has 0 aromatic heterocycles. The fourth-order valence-electron chi connectivity index (χ4n) is 1.02. The second-order valence-corrected chi connectivity index (χ2v) is 3.86. The SMILES string of the molecule is CNC(=S)c1ccc(Br)cc1C. The maximum atomic E-state index is 5.13. The molecule has 1 rings (SSSR count). The van der Waals surface area contributed by atoms with Crippen LogP contribution < -0.4 is 5.32 Å². The van der Waals surface area contributed by atoms with E-state index >= 15 is 0 Å². The quantitative estimate of drug-likeness (QED) is 0.762. The van der Waals surface area contributed by atoms with Gasteiger partial charge in [-0.1, -0.05) is 34.2 Å². The third-order valence-electron chi connectivity index (χ3n) is 1.66. The predicted molar refractivity (Wildman–Crippen MR) is 59.6 cm³/mol. The van der Waals surface area contributed by atoms with Gasteiger partial charge in [0.1, 0.15) is 4.99 Å². The molecule has 0 aliphatic rings. The average Bonchev–Trinajstić information content (AvgIpc) is 2.03. The van der Waals surface area contributed by atoms with Crippen LogP contribution in [0.15, 0.2) is 22.7 Å². The van der Waals surface area contributed by atoms with Gasteiger partial charge in [0, 0.05) is 17.1 Å². The Labute approximate surface area is 86.3 Å². The monoisotopic (exact) mass is 243 g/mol. The molecule has 1 aromatic carbocycles. The van der Waals surface area contributed by atoms with Gasteiger partial charge < -0.3 is 5.32 Å². The molecule has 0 heterocycles. The van der Waals surface area contributed by atoms with Crippen LogP contribution in [-0.4, -0.2) is 12.0 Å². The summed E-state index contributed by atoms with van der Waals surface area (Å²) in [5.74, 6) is 0. The summed E-state index contributed by atoms with van der Waals surface area (Å²) in [5, 5.41) is 2.96. The summed E-state index contributed by atoms with van der Waals surface area (Å²) < 4.78 is 1.09. The van der Waals surface area contributed by atoms with Crippen molar-refractivity contribution >= 4 is 33.1 Å². The van der Waals surface area contributed by atoms with Crippen LogP contribution in [0.25, 0.3) is 0 Å². The van der Waals surface area contributed by atoms with Crippen LogP contribution in [-0.2, 0) is 0 Å². The van der Waals surface area contributed by atoms with Gasteiger partial charge in [-0.05, 0) is 24.6 Å². The molecule has 64 valence electrons. The van der Waals surface area contributed by atoms with E-state index < -0.39 is 0 Å². The smallest absolute Gasteiger partial charge is 0.106 e. The standard InChI is InChI=1S/C9H10BrNS/c1-6-5-7(10)3-4-8(6)9(12)11-2/h3-5H,1-2H3,(H,11,12). The summed E-state index contributed by atoms with van der Waals surface area (Å²) >= 11 is 8.53. The van der Waals surface area contributed by atoms with Gasteiger partial charge in [-0.25, -0.2) is 0 Å². The molecule has 0 spiro atoms. The Kier molecular flexibility index (Phi) is 3.23. The molecule has 0 saturated carbocycles. The maximum absolute atomic E-state index is 5.13. The van der Waals surface area contributed by atoms with Gasteiger partial charge >= 0.3 is 0 Å². The maximum Gasteiger partial charge on any atom is 0.106 e. The van der Waals surface area contributed by atoms with Crippen LogP contribution in [0.5, 0.6) is 0 Å². The first-order valence-corrected chi connectivity index (χ1v) is 4.83. The number of hydrogen-bond acceptors (Lipinski definition) is 1. The van der Waals surface area contributed by atoms with E-state index in [4.69, 9.17) is 12.2 Å². The normalized spacial score (nSPS) is 9.58. The zero-order valence-electron chi connectivity index (χ0n) is 7.02. The zero-order chi connectivity index (χ0) is 9.14. The van der Waals surface area contributed by atoms with Crippen molar-refractivity contribution in [2.24, 2.45) is 0 Å². The molecular weight excluding hydrogens is 234 g/mol. The van der Waals surface area contributed by atoms with Crippen LogP contribution in [0.3, 0.4) is 0 Å². The molecule has 1 N–H and O–H groups in total. The van der Waals surface area contributed by atoms with Gasteiger partial charge in [0.25, 0.3) is 0 Å². The molecular formula is C9H10BrNS. The molecule has 0 atom stereocenters. The first-order valence-electron chi connectivity index (χ1n) is 3.63. The van der Waals surface area contributed by atoms with Gasteiger partial charge in [0.05, 0.1) is 0 Å². The van der Waals surface area contributed by atoms with Crippen molar-refractivity contribution in [3.63, 3.8) is 0 Å². The molecule has 0 aliphatic heterocycles.